The first-order chi connectivity index (χ1) is 12.1. The summed E-state index contributed by atoms with van der Waals surface area (Å²) in [6.07, 6.45) is 1.69. The third-order valence-electron chi connectivity index (χ3n) is 3.97. The summed E-state index contributed by atoms with van der Waals surface area (Å²) in [5.41, 5.74) is 2.68. The average Bonchev–Trinajstić information content (AvgIpc) is 2.91. The maximum atomic E-state index is 12.0. The van der Waals surface area contributed by atoms with Crippen molar-refractivity contribution >= 4 is 35.1 Å². The van der Waals surface area contributed by atoms with Crippen LogP contribution in [0.1, 0.15) is 16.5 Å². The minimum absolute atomic E-state index is 0.0877. The van der Waals surface area contributed by atoms with Crippen molar-refractivity contribution in [2.45, 2.75) is 5.25 Å². The summed E-state index contributed by atoms with van der Waals surface area (Å²) >= 11 is 7.49. The molecule has 1 aliphatic rings. The van der Waals surface area contributed by atoms with Gasteiger partial charge in [-0.2, -0.15) is 0 Å². The first kappa shape index (κ1) is 16.1. The van der Waals surface area contributed by atoms with Gasteiger partial charge in [0.1, 0.15) is 12.1 Å². The SMILES string of the molecule is O=C1CS[C@@H](c2cccc(O)c2)c2c(ncn2-c2ccc(Cl)cc2)N1. The number of anilines is 1. The Morgan fingerprint density at radius 3 is 2.80 bits per heavy atom. The minimum Gasteiger partial charge on any atom is -0.508 e. The molecule has 2 heterocycles. The molecule has 0 spiro atoms. The number of nitrogens with one attached hydrogen (secondary N) is 1. The third kappa shape index (κ3) is 3.10. The van der Waals surface area contributed by atoms with Crippen LogP contribution in [0.4, 0.5) is 5.82 Å². The van der Waals surface area contributed by atoms with E-state index >= 15 is 0 Å². The molecular formula is C18H14ClN3O2S. The average molecular weight is 372 g/mol. The number of fused-ring (bicyclic) bond motifs is 1. The fourth-order valence-electron chi connectivity index (χ4n) is 2.86. The van der Waals surface area contributed by atoms with E-state index in [9.17, 15) is 9.90 Å². The normalized spacial score (nSPS) is 16.8. The number of nitrogens with zero attached hydrogens (tertiary/aromatic N) is 2. The summed E-state index contributed by atoms with van der Waals surface area (Å²) in [5, 5.41) is 13.2. The number of thioether (sulfide) groups is 1. The van der Waals surface area contributed by atoms with E-state index in [1.54, 1.807) is 24.5 Å². The second kappa shape index (κ2) is 6.46. The number of aromatic nitrogens is 2. The quantitative estimate of drug-likeness (QED) is 0.714. The van der Waals surface area contributed by atoms with Crippen LogP contribution >= 0.6 is 23.4 Å². The molecule has 2 aromatic carbocycles. The maximum Gasteiger partial charge on any atom is 0.235 e. The van der Waals surface area contributed by atoms with Crippen molar-refractivity contribution in [2.24, 2.45) is 0 Å². The molecule has 0 aliphatic carbocycles. The smallest absolute Gasteiger partial charge is 0.235 e. The number of imidazole rings is 1. The van der Waals surface area contributed by atoms with Crippen LogP contribution in [0, 0.1) is 0 Å². The van der Waals surface area contributed by atoms with Gasteiger partial charge in [0.05, 0.1) is 16.7 Å². The van der Waals surface area contributed by atoms with Crippen LogP contribution in [-0.4, -0.2) is 26.3 Å². The topological polar surface area (TPSA) is 67.1 Å². The molecule has 0 fully saturated rings. The van der Waals surface area contributed by atoms with E-state index in [2.05, 4.69) is 10.3 Å². The summed E-state index contributed by atoms with van der Waals surface area (Å²) in [7, 11) is 0. The van der Waals surface area contributed by atoms with E-state index in [1.807, 2.05) is 34.9 Å². The van der Waals surface area contributed by atoms with Crippen LogP contribution < -0.4 is 5.32 Å². The third-order valence-corrected chi connectivity index (χ3v) is 5.48. The molecule has 7 heteroatoms. The Hall–Kier alpha value is -2.44. The standard InChI is InChI=1S/C18H14ClN3O2S/c19-12-4-6-13(7-5-12)22-10-20-18-16(22)17(25-9-15(24)21-18)11-2-1-3-14(23)8-11/h1-8,10,17,23H,9H2,(H,21,24)/t17-/m0/s1. The number of phenols is 1. The van der Waals surface area contributed by atoms with Gasteiger partial charge in [-0.05, 0) is 42.0 Å². The number of halogens is 1. The lowest BCUT2D eigenvalue weighted by Gasteiger charge is -2.18. The molecule has 25 heavy (non-hydrogen) atoms. The summed E-state index contributed by atoms with van der Waals surface area (Å²) in [6.45, 7) is 0. The number of hydrogen-bond acceptors (Lipinski definition) is 4. The predicted molar refractivity (Wildman–Crippen MR) is 99.6 cm³/mol. The molecule has 1 aliphatic heterocycles. The summed E-state index contributed by atoms with van der Waals surface area (Å²) in [4.78, 5) is 16.4. The lowest BCUT2D eigenvalue weighted by atomic mass is 10.1. The van der Waals surface area contributed by atoms with Gasteiger partial charge in [0, 0.05) is 10.7 Å². The highest BCUT2D eigenvalue weighted by Gasteiger charge is 2.29. The van der Waals surface area contributed by atoms with Gasteiger partial charge in [-0.3, -0.25) is 9.36 Å². The highest BCUT2D eigenvalue weighted by Crippen LogP contribution is 2.42. The van der Waals surface area contributed by atoms with Crippen LogP contribution in [0.5, 0.6) is 5.75 Å². The van der Waals surface area contributed by atoms with Gasteiger partial charge in [0.15, 0.2) is 5.82 Å². The number of carbonyl (C=O) groups is 1. The molecule has 0 saturated carbocycles. The van der Waals surface area contributed by atoms with E-state index in [4.69, 9.17) is 11.6 Å². The van der Waals surface area contributed by atoms with Crippen molar-refractivity contribution in [1.29, 1.82) is 0 Å². The molecule has 1 aromatic heterocycles. The van der Waals surface area contributed by atoms with Gasteiger partial charge in [0.2, 0.25) is 5.91 Å². The van der Waals surface area contributed by atoms with Crippen LogP contribution in [0.3, 0.4) is 0 Å². The highest BCUT2D eigenvalue weighted by atomic mass is 35.5. The van der Waals surface area contributed by atoms with Crippen LogP contribution in [0.25, 0.3) is 5.69 Å². The van der Waals surface area contributed by atoms with Crippen LogP contribution in [-0.2, 0) is 4.79 Å². The molecule has 1 amide bonds. The van der Waals surface area contributed by atoms with E-state index in [-0.39, 0.29) is 16.9 Å². The number of carbonyl (C=O) groups excluding carboxylic acids is 1. The van der Waals surface area contributed by atoms with Crippen LogP contribution in [0.2, 0.25) is 5.02 Å². The number of hydrogen-bond donors (Lipinski definition) is 2. The molecule has 0 bridgehead atoms. The number of phenolic OH excluding ortho intramolecular Hbond substituents is 1. The summed E-state index contributed by atoms with van der Waals surface area (Å²) in [5.74, 6) is 0.964. The molecule has 126 valence electrons. The highest BCUT2D eigenvalue weighted by molar-refractivity contribution is 8.00. The molecular weight excluding hydrogens is 358 g/mol. The molecule has 2 N–H and O–H groups in total. The Morgan fingerprint density at radius 2 is 2.04 bits per heavy atom. The Kier molecular flexibility index (Phi) is 4.15. The van der Waals surface area contributed by atoms with E-state index in [0.29, 0.717) is 16.6 Å². The second-order valence-corrected chi connectivity index (χ2v) is 7.19. The van der Waals surface area contributed by atoms with Crippen molar-refractivity contribution in [3.8, 4) is 11.4 Å². The Bertz CT molecular complexity index is 940. The van der Waals surface area contributed by atoms with E-state index in [1.165, 1.54) is 11.8 Å². The van der Waals surface area contributed by atoms with Crippen molar-refractivity contribution < 1.29 is 9.90 Å². The lowest BCUT2D eigenvalue weighted by Crippen LogP contribution is -2.12. The molecule has 5 nitrogen and oxygen atoms in total. The number of benzene rings is 2. The number of amides is 1. The van der Waals surface area contributed by atoms with Gasteiger partial charge in [0.25, 0.3) is 0 Å². The van der Waals surface area contributed by atoms with Gasteiger partial charge in [-0.25, -0.2) is 4.98 Å². The van der Waals surface area contributed by atoms with Crippen molar-refractivity contribution in [2.75, 3.05) is 11.1 Å². The zero-order valence-corrected chi connectivity index (χ0v) is 14.6. The van der Waals surface area contributed by atoms with Gasteiger partial charge >= 0.3 is 0 Å². The summed E-state index contributed by atoms with van der Waals surface area (Å²) < 4.78 is 1.94. The second-order valence-electron chi connectivity index (χ2n) is 5.66. The zero-order valence-electron chi connectivity index (χ0n) is 13.0. The van der Waals surface area contributed by atoms with Crippen molar-refractivity contribution in [3.63, 3.8) is 0 Å². The Balaban J connectivity index is 1.88. The molecule has 4 rings (SSSR count). The van der Waals surface area contributed by atoms with Crippen molar-refractivity contribution in [3.05, 3.63) is 71.1 Å². The molecule has 0 unspecified atom stereocenters. The first-order valence-electron chi connectivity index (χ1n) is 7.65. The van der Waals surface area contributed by atoms with Crippen LogP contribution in [0.15, 0.2) is 54.9 Å². The monoisotopic (exact) mass is 371 g/mol. The molecule has 1 atom stereocenters. The van der Waals surface area contributed by atoms with Gasteiger partial charge in [-0.15, -0.1) is 11.8 Å². The van der Waals surface area contributed by atoms with Gasteiger partial charge in [-0.1, -0.05) is 23.7 Å². The van der Waals surface area contributed by atoms with Crippen molar-refractivity contribution in [1.82, 2.24) is 9.55 Å². The molecule has 3 aromatic rings. The first-order valence-corrected chi connectivity index (χ1v) is 9.08. The predicted octanol–water partition coefficient (Wildman–Crippen LogP) is 4.01. The lowest BCUT2D eigenvalue weighted by molar-refractivity contribution is -0.113. The molecule has 0 radical (unpaired) electrons. The van der Waals surface area contributed by atoms with E-state index in [0.717, 1.165) is 16.9 Å². The fourth-order valence-corrected chi connectivity index (χ4v) is 4.10. The minimum atomic E-state index is -0.140. The number of rotatable bonds is 2. The maximum absolute atomic E-state index is 12.0. The number of aromatic hydroxyl groups is 1. The zero-order chi connectivity index (χ0) is 17.4. The molecule has 0 saturated heterocycles. The van der Waals surface area contributed by atoms with E-state index < -0.39 is 0 Å². The Labute approximate surface area is 153 Å². The summed E-state index contributed by atoms with van der Waals surface area (Å²) in [6, 6.07) is 14.5. The fraction of sp³-hybridized carbons (Fsp3) is 0.111. The Morgan fingerprint density at radius 1 is 1.24 bits per heavy atom. The largest absolute Gasteiger partial charge is 0.508 e. The van der Waals surface area contributed by atoms with Gasteiger partial charge < -0.3 is 10.4 Å².